The van der Waals surface area contributed by atoms with Gasteiger partial charge in [-0.3, -0.25) is 4.79 Å². The molecule has 1 aromatic carbocycles. The van der Waals surface area contributed by atoms with E-state index in [1.165, 1.54) is 0 Å². The van der Waals surface area contributed by atoms with Gasteiger partial charge in [0.15, 0.2) is 0 Å². The van der Waals surface area contributed by atoms with Gasteiger partial charge in [0.2, 0.25) is 5.91 Å². The number of methoxy groups -OCH3 is 2. The molecule has 0 spiro atoms. The molecule has 0 heterocycles. The van der Waals surface area contributed by atoms with Crippen molar-refractivity contribution in [3.05, 3.63) is 18.2 Å². The van der Waals surface area contributed by atoms with Gasteiger partial charge in [0.25, 0.3) is 0 Å². The van der Waals surface area contributed by atoms with Gasteiger partial charge < -0.3 is 25.3 Å². The second kappa shape index (κ2) is 8.62. The van der Waals surface area contributed by atoms with Gasteiger partial charge in [-0.25, -0.2) is 0 Å². The van der Waals surface area contributed by atoms with E-state index in [0.717, 1.165) is 19.3 Å². The minimum Gasteiger partial charge on any atom is -0.496 e. The molecule has 128 valence electrons. The molecule has 6 heteroatoms. The van der Waals surface area contributed by atoms with Gasteiger partial charge in [0.05, 0.1) is 20.8 Å². The van der Waals surface area contributed by atoms with Crippen LogP contribution in [0.3, 0.4) is 0 Å². The fourth-order valence-corrected chi connectivity index (χ4v) is 3.00. The molecule has 0 radical (unpaired) electrons. The summed E-state index contributed by atoms with van der Waals surface area (Å²) in [6.45, 7) is 1.44. The second-order valence-electron chi connectivity index (χ2n) is 5.72. The number of amides is 1. The summed E-state index contributed by atoms with van der Waals surface area (Å²) in [5, 5.41) is 2.93. The summed E-state index contributed by atoms with van der Waals surface area (Å²) >= 11 is 0. The Balaban J connectivity index is 1.78. The van der Waals surface area contributed by atoms with Gasteiger partial charge in [0.1, 0.15) is 23.9 Å². The average Bonchev–Trinajstić information content (AvgIpc) is 3.06. The van der Waals surface area contributed by atoms with Gasteiger partial charge in [0, 0.05) is 24.1 Å². The number of nitrogens with one attached hydrogen (secondary N) is 1. The topological polar surface area (TPSA) is 82.8 Å². The molecule has 1 amide bonds. The van der Waals surface area contributed by atoms with Crippen LogP contribution in [0.5, 0.6) is 17.2 Å². The number of carbonyl (C=O) groups is 1. The number of carbonyl (C=O) groups excluding carboxylic acids is 1. The van der Waals surface area contributed by atoms with E-state index >= 15 is 0 Å². The van der Waals surface area contributed by atoms with E-state index in [1.807, 2.05) is 0 Å². The Labute approximate surface area is 137 Å². The maximum absolute atomic E-state index is 12.2. The molecule has 1 fully saturated rings. The lowest BCUT2D eigenvalue weighted by molar-refractivity contribution is -0.126. The quantitative estimate of drug-likeness (QED) is 0.710. The first kappa shape index (κ1) is 17.4. The molecule has 23 heavy (non-hydrogen) atoms. The van der Waals surface area contributed by atoms with E-state index in [0.29, 0.717) is 42.9 Å². The van der Waals surface area contributed by atoms with Crippen molar-refractivity contribution in [1.82, 2.24) is 5.32 Å². The van der Waals surface area contributed by atoms with Crippen LogP contribution in [0.25, 0.3) is 0 Å². The van der Waals surface area contributed by atoms with E-state index in [2.05, 4.69) is 5.32 Å². The Kier molecular flexibility index (Phi) is 6.52. The summed E-state index contributed by atoms with van der Waals surface area (Å²) < 4.78 is 16.0. The van der Waals surface area contributed by atoms with Crippen molar-refractivity contribution >= 4 is 5.91 Å². The molecule has 1 aromatic rings. The zero-order valence-corrected chi connectivity index (χ0v) is 13.8. The van der Waals surface area contributed by atoms with Gasteiger partial charge in [-0.05, 0) is 25.3 Å². The molecular weight excluding hydrogens is 296 g/mol. The minimum absolute atomic E-state index is 0.0527. The van der Waals surface area contributed by atoms with Crippen LogP contribution in [-0.4, -0.2) is 39.8 Å². The predicted octanol–water partition coefficient (Wildman–Crippen LogP) is 1.57. The van der Waals surface area contributed by atoms with Gasteiger partial charge in [-0.1, -0.05) is 6.42 Å². The summed E-state index contributed by atoms with van der Waals surface area (Å²) in [6, 6.07) is 5.35. The fraction of sp³-hybridized carbons (Fsp3) is 0.588. The maximum atomic E-state index is 12.2. The highest BCUT2D eigenvalue weighted by Gasteiger charge is 2.31. The van der Waals surface area contributed by atoms with Crippen LogP contribution >= 0.6 is 0 Å². The number of hydrogen-bond acceptors (Lipinski definition) is 5. The molecular formula is C17H26N2O4. The van der Waals surface area contributed by atoms with Crippen molar-refractivity contribution in [2.45, 2.75) is 19.3 Å². The van der Waals surface area contributed by atoms with Crippen LogP contribution < -0.4 is 25.3 Å². The molecule has 0 bridgehead atoms. The Morgan fingerprint density at radius 3 is 2.43 bits per heavy atom. The van der Waals surface area contributed by atoms with Crippen LogP contribution in [-0.2, 0) is 4.79 Å². The summed E-state index contributed by atoms with van der Waals surface area (Å²) in [7, 11) is 3.18. The highest BCUT2D eigenvalue weighted by atomic mass is 16.5. The van der Waals surface area contributed by atoms with Crippen molar-refractivity contribution < 1.29 is 19.0 Å². The number of nitrogens with two attached hydrogens (primary N) is 1. The summed E-state index contributed by atoms with van der Waals surface area (Å²) in [5.41, 5.74) is 5.72. The predicted molar refractivity (Wildman–Crippen MR) is 87.9 cm³/mol. The SMILES string of the molecule is COc1cc(OC)cc(OCCNC(=O)[C@@H]2CCC[C@@H]2CN)c1. The highest BCUT2D eigenvalue weighted by Crippen LogP contribution is 2.31. The molecule has 1 aliphatic rings. The van der Waals surface area contributed by atoms with Crippen molar-refractivity contribution in [3.63, 3.8) is 0 Å². The lowest BCUT2D eigenvalue weighted by atomic mass is 9.95. The van der Waals surface area contributed by atoms with E-state index in [4.69, 9.17) is 19.9 Å². The van der Waals surface area contributed by atoms with E-state index in [1.54, 1.807) is 32.4 Å². The largest absolute Gasteiger partial charge is 0.496 e. The van der Waals surface area contributed by atoms with E-state index < -0.39 is 0 Å². The molecule has 0 aromatic heterocycles. The van der Waals surface area contributed by atoms with Crippen molar-refractivity contribution in [2.24, 2.45) is 17.6 Å². The smallest absolute Gasteiger partial charge is 0.223 e. The first-order chi connectivity index (χ1) is 11.2. The molecule has 6 nitrogen and oxygen atoms in total. The van der Waals surface area contributed by atoms with Crippen molar-refractivity contribution in [2.75, 3.05) is 33.9 Å². The van der Waals surface area contributed by atoms with Gasteiger partial charge >= 0.3 is 0 Å². The zero-order valence-electron chi connectivity index (χ0n) is 13.8. The molecule has 0 aliphatic heterocycles. The monoisotopic (exact) mass is 322 g/mol. The molecule has 0 saturated heterocycles. The minimum atomic E-state index is 0.0527. The van der Waals surface area contributed by atoms with Gasteiger partial charge in [-0.15, -0.1) is 0 Å². The highest BCUT2D eigenvalue weighted by molar-refractivity contribution is 5.79. The lowest BCUT2D eigenvalue weighted by Gasteiger charge is -2.17. The van der Waals surface area contributed by atoms with E-state index in [9.17, 15) is 4.79 Å². The van der Waals surface area contributed by atoms with Crippen LogP contribution in [0.1, 0.15) is 19.3 Å². The molecule has 3 N–H and O–H groups in total. The Morgan fingerprint density at radius 1 is 1.17 bits per heavy atom. The Morgan fingerprint density at radius 2 is 1.83 bits per heavy atom. The standard InChI is InChI=1S/C17H26N2O4/c1-21-13-8-14(22-2)10-15(9-13)23-7-6-19-17(20)16-5-3-4-12(16)11-18/h8-10,12,16H,3-7,11,18H2,1-2H3,(H,19,20)/t12-,16-/m1/s1. The van der Waals surface area contributed by atoms with E-state index in [-0.39, 0.29) is 11.8 Å². The lowest BCUT2D eigenvalue weighted by Crippen LogP contribution is -2.37. The molecule has 1 saturated carbocycles. The first-order valence-corrected chi connectivity index (χ1v) is 8.01. The van der Waals surface area contributed by atoms with Crippen LogP contribution in [0.4, 0.5) is 0 Å². The van der Waals surface area contributed by atoms with Crippen LogP contribution in [0.15, 0.2) is 18.2 Å². The number of hydrogen-bond donors (Lipinski definition) is 2. The third-order valence-corrected chi connectivity index (χ3v) is 4.29. The normalized spacial score (nSPS) is 20.1. The second-order valence-corrected chi connectivity index (χ2v) is 5.72. The number of rotatable bonds is 8. The number of benzene rings is 1. The molecule has 0 unspecified atom stereocenters. The maximum Gasteiger partial charge on any atom is 0.223 e. The van der Waals surface area contributed by atoms with Crippen LogP contribution in [0.2, 0.25) is 0 Å². The fourth-order valence-electron chi connectivity index (χ4n) is 3.00. The summed E-state index contributed by atoms with van der Waals surface area (Å²) in [5.74, 6) is 2.44. The van der Waals surface area contributed by atoms with Crippen molar-refractivity contribution in [3.8, 4) is 17.2 Å². The third kappa shape index (κ3) is 4.76. The average molecular weight is 322 g/mol. The number of ether oxygens (including phenoxy) is 3. The third-order valence-electron chi connectivity index (χ3n) is 4.29. The Bertz CT molecular complexity index is 499. The molecule has 2 atom stereocenters. The Hall–Kier alpha value is -1.95. The van der Waals surface area contributed by atoms with Crippen molar-refractivity contribution in [1.29, 1.82) is 0 Å². The summed E-state index contributed by atoms with van der Waals surface area (Å²) in [6.07, 6.45) is 3.07. The summed E-state index contributed by atoms with van der Waals surface area (Å²) in [4.78, 5) is 12.2. The first-order valence-electron chi connectivity index (χ1n) is 8.01. The van der Waals surface area contributed by atoms with Crippen LogP contribution in [0, 0.1) is 11.8 Å². The van der Waals surface area contributed by atoms with Gasteiger partial charge in [-0.2, -0.15) is 0 Å². The molecule has 1 aliphatic carbocycles. The zero-order chi connectivity index (χ0) is 16.7. The molecule has 2 rings (SSSR count).